The van der Waals surface area contributed by atoms with Gasteiger partial charge in [-0.25, -0.2) is 4.98 Å². The Labute approximate surface area is 151 Å². The Hall–Kier alpha value is -1.99. The summed E-state index contributed by atoms with van der Waals surface area (Å²) in [5.74, 6) is 0.0962. The summed E-state index contributed by atoms with van der Waals surface area (Å²) in [5, 5.41) is 12.2. The molecule has 2 atom stereocenters. The van der Waals surface area contributed by atoms with E-state index in [9.17, 15) is 9.90 Å². The van der Waals surface area contributed by atoms with Gasteiger partial charge in [-0.2, -0.15) is 0 Å². The van der Waals surface area contributed by atoms with Gasteiger partial charge in [0.25, 0.3) is 0 Å². The lowest BCUT2D eigenvalue weighted by Crippen LogP contribution is -2.64. The third-order valence-corrected chi connectivity index (χ3v) is 6.39. The summed E-state index contributed by atoms with van der Waals surface area (Å²) in [4.78, 5) is 26.6. The molecule has 2 saturated heterocycles. The first-order valence-corrected chi connectivity index (χ1v) is 9.58. The Morgan fingerprint density at radius 1 is 1.40 bits per heavy atom. The SMILES string of the molecule is O=C(O)[C@]12CCCN(Cc3cccs3)[C@@H]1CCN(c1cnccn1)C2. The number of likely N-dealkylation sites (tertiary alicyclic amines) is 1. The standard InChI is InChI=1S/C18H22N4O2S/c23-17(24)18-5-2-8-21(12-14-3-1-10-25-14)15(18)4-9-22(13-18)16-11-19-6-7-20-16/h1,3,6-7,10-11,15H,2,4-5,8-9,12-13H2,(H,23,24)/t15-,18+/m1/s1. The minimum Gasteiger partial charge on any atom is -0.481 e. The molecule has 0 bridgehead atoms. The molecule has 132 valence electrons. The van der Waals surface area contributed by atoms with E-state index in [-0.39, 0.29) is 6.04 Å². The number of thiophene rings is 1. The van der Waals surface area contributed by atoms with Gasteiger partial charge in [-0.05, 0) is 37.3 Å². The van der Waals surface area contributed by atoms with Crippen LogP contribution in [0.25, 0.3) is 0 Å². The van der Waals surface area contributed by atoms with Gasteiger partial charge in [-0.1, -0.05) is 6.07 Å². The lowest BCUT2D eigenvalue weighted by atomic mass is 9.69. The van der Waals surface area contributed by atoms with Gasteiger partial charge >= 0.3 is 5.97 Å². The number of fused-ring (bicyclic) bond motifs is 1. The Kier molecular flexibility index (Phi) is 4.43. The Balaban J connectivity index is 1.60. The molecule has 0 amide bonds. The van der Waals surface area contributed by atoms with Gasteiger partial charge in [-0.3, -0.25) is 14.7 Å². The third-order valence-electron chi connectivity index (χ3n) is 5.53. The van der Waals surface area contributed by atoms with Crippen LogP contribution in [0.5, 0.6) is 0 Å². The van der Waals surface area contributed by atoms with Crippen molar-refractivity contribution in [3.05, 3.63) is 41.0 Å². The highest BCUT2D eigenvalue weighted by atomic mass is 32.1. The van der Waals surface area contributed by atoms with Crippen LogP contribution in [0.3, 0.4) is 0 Å². The van der Waals surface area contributed by atoms with E-state index in [0.29, 0.717) is 6.54 Å². The zero-order chi connectivity index (χ0) is 17.3. The number of hydrogen-bond acceptors (Lipinski definition) is 6. The first kappa shape index (κ1) is 16.5. The number of hydrogen-bond donors (Lipinski definition) is 1. The molecule has 2 fully saturated rings. The number of carboxylic acid groups (broad SMARTS) is 1. The number of carbonyl (C=O) groups is 1. The monoisotopic (exact) mass is 358 g/mol. The number of anilines is 1. The van der Waals surface area contributed by atoms with Crippen molar-refractivity contribution >= 4 is 23.1 Å². The second-order valence-electron chi connectivity index (χ2n) is 6.90. The molecule has 0 aliphatic carbocycles. The van der Waals surface area contributed by atoms with Crippen LogP contribution in [-0.2, 0) is 11.3 Å². The van der Waals surface area contributed by atoms with Crippen molar-refractivity contribution in [3.63, 3.8) is 0 Å². The van der Waals surface area contributed by atoms with Crippen molar-refractivity contribution in [2.75, 3.05) is 24.5 Å². The van der Waals surface area contributed by atoms with Gasteiger partial charge in [0.05, 0.1) is 6.20 Å². The van der Waals surface area contributed by atoms with Crippen LogP contribution < -0.4 is 4.90 Å². The summed E-state index contributed by atoms with van der Waals surface area (Å²) in [6, 6.07) is 4.27. The fourth-order valence-corrected chi connectivity index (χ4v) is 5.10. The maximum atomic E-state index is 12.3. The molecule has 25 heavy (non-hydrogen) atoms. The summed E-state index contributed by atoms with van der Waals surface area (Å²) in [7, 11) is 0. The second-order valence-corrected chi connectivity index (χ2v) is 7.94. The maximum Gasteiger partial charge on any atom is 0.313 e. The summed E-state index contributed by atoms with van der Waals surface area (Å²) >= 11 is 1.74. The van der Waals surface area contributed by atoms with Crippen molar-refractivity contribution in [2.24, 2.45) is 5.41 Å². The number of piperidine rings is 2. The summed E-state index contributed by atoms with van der Waals surface area (Å²) in [6.07, 6.45) is 7.52. The molecule has 0 aromatic carbocycles. The molecule has 2 aliphatic heterocycles. The first-order chi connectivity index (χ1) is 12.2. The Bertz CT molecular complexity index is 724. The predicted molar refractivity (Wildman–Crippen MR) is 96.7 cm³/mol. The van der Waals surface area contributed by atoms with Gasteiger partial charge in [0.2, 0.25) is 0 Å². The van der Waals surface area contributed by atoms with Crippen molar-refractivity contribution in [3.8, 4) is 0 Å². The van der Waals surface area contributed by atoms with Crippen molar-refractivity contribution < 1.29 is 9.90 Å². The highest BCUT2D eigenvalue weighted by Gasteiger charge is 2.53. The van der Waals surface area contributed by atoms with Gasteiger partial charge in [0, 0.05) is 42.9 Å². The van der Waals surface area contributed by atoms with Crippen LogP contribution in [0.4, 0.5) is 5.82 Å². The molecule has 7 heteroatoms. The Morgan fingerprint density at radius 3 is 3.04 bits per heavy atom. The average molecular weight is 358 g/mol. The molecular formula is C18H22N4O2S. The quantitative estimate of drug-likeness (QED) is 0.905. The number of nitrogens with zero attached hydrogens (tertiary/aromatic N) is 4. The molecule has 0 radical (unpaired) electrons. The normalized spacial score (nSPS) is 27.0. The lowest BCUT2D eigenvalue weighted by molar-refractivity contribution is -0.158. The minimum atomic E-state index is -0.731. The zero-order valence-corrected chi connectivity index (χ0v) is 14.9. The minimum absolute atomic E-state index is 0.0776. The lowest BCUT2D eigenvalue weighted by Gasteiger charge is -2.53. The van der Waals surface area contributed by atoms with Crippen molar-refractivity contribution in [2.45, 2.75) is 31.8 Å². The number of aromatic nitrogens is 2. The molecule has 0 unspecified atom stereocenters. The largest absolute Gasteiger partial charge is 0.481 e. The molecule has 1 N–H and O–H groups in total. The Morgan fingerprint density at radius 2 is 2.32 bits per heavy atom. The van der Waals surface area contributed by atoms with E-state index < -0.39 is 11.4 Å². The first-order valence-electron chi connectivity index (χ1n) is 8.70. The highest BCUT2D eigenvalue weighted by Crippen LogP contribution is 2.43. The van der Waals surface area contributed by atoms with Crippen molar-refractivity contribution in [1.82, 2.24) is 14.9 Å². The van der Waals surface area contributed by atoms with Crippen molar-refractivity contribution in [1.29, 1.82) is 0 Å². The van der Waals surface area contributed by atoms with Crippen LogP contribution in [-0.4, -0.2) is 51.6 Å². The van der Waals surface area contributed by atoms with Crippen LogP contribution >= 0.6 is 11.3 Å². The van der Waals surface area contributed by atoms with E-state index in [4.69, 9.17) is 0 Å². The summed E-state index contributed by atoms with van der Waals surface area (Å²) < 4.78 is 0. The average Bonchev–Trinajstić information content (AvgIpc) is 3.15. The molecule has 0 spiro atoms. The van der Waals surface area contributed by atoms with E-state index >= 15 is 0 Å². The molecule has 2 aliphatic rings. The number of carboxylic acids is 1. The molecule has 2 aromatic heterocycles. The zero-order valence-electron chi connectivity index (χ0n) is 14.0. The number of aliphatic carboxylic acids is 1. The van der Waals surface area contributed by atoms with E-state index in [1.807, 2.05) is 0 Å². The van der Waals surface area contributed by atoms with E-state index in [1.165, 1.54) is 4.88 Å². The van der Waals surface area contributed by atoms with Crippen LogP contribution in [0.2, 0.25) is 0 Å². The molecular weight excluding hydrogens is 336 g/mol. The molecule has 0 saturated carbocycles. The third kappa shape index (κ3) is 3.02. The predicted octanol–water partition coefficient (Wildman–Crippen LogP) is 2.48. The van der Waals surface area contributed by atoms with Crippen LogP contribution in [0, 0.1) is 5.41 Å². The van der Waals surface area contributed by atoms with Crippen LogP contribution in [0.1, 0.15) is 24.1 Å². The topological polar surface area (TPSA) is 69.6 Å². The van der Waals surface area contributed by atoms with E-state index in [2.05, 4.69) is 37.3 Å². The molecule has 2 aromatic rings. The van der Waals surface area contributed by atoms with Gasteiger partial charge in [0.1, 0.15) is 11.2 Å². The van der Waals surface area contributed by atoms with Gasteiger partial charge in [0.15, 0.2) is 0 Å². The number of rotatable bonds is 4. The van der Waals surface area contributed by atoms with E-state index in [0.717, 1.165) is 44.7 Å². The van der Waals surface area contributed by atoms with Crippen LogP contribution in [0.15, 0.2) is 36.1 Å². The summed E-state index contributed by atoms with van der Waals surface area (Å²) in [5.41, 5.74) is -0.731. The van der Waals surface area contributed by atoms with E-state index in [1.54, 1.807) is 29.9 Å². The molecule has 6 nitrogen and oxygen atoms in total. The second kappa shape index (κ2) is 6.72. The molecule has 4 heterocycles. The smallest absolute Gasteiger partial charge is 0.313 e. The fraction of sp³-hybridized carbons (Fsp3) is 0.500. The summed E-state index contributed by atoms with van der Waals surface area (Å²) in [6.45, 7) is 3.15. The maximum absolute atomic E-state index is 12.3. The molecule has 4 rings (SSSR count). The highest BCUT2D eigenvalue weighted by molar-refractivity contribution is 7.09. The van der Waals surface area contributed by atoms with Gasteiger partial charge in [-0.15, -0.1) is 11.3 Å². The fourth-order valence-electron chi connectivity index (χ4n) is 4.37. The van der Waals surface area contributed by atoms with Gasteiger partial charge < -0.3 is 10.0 Å².